The number of hydrogen-bond acceptors (Lipinski definition) is 2. The fourth-order valence-electron chi connectivity index (χ4n) is 2.00. The van der Waals surface area contributed by atoms with Gasteiger partial charge in [0.25, 0.3) is 0 Å². The maximum atomic E-state index is 11.4. The van der Waals surface area contributed by atoms with E-state index in [0.29, 0.717) is 11.7 Å². The molecule has 0 spiro atoms. The van der Waals surface area contributed by atoms with Gasteiger partial charge in [0.15, 0.2) is 5.78 Å². The standard InChI is InChI=1S/C12H13BrOS/c1-8-4-9(6-10(14)5-8)7-11-2-3-12(13)15-11/h2-3,6,8H,4-5,7H2,1H3. The predicted molar refractivity (Wildman–Crippen MR) is 67.2 cm³/mol. The van der Waals surface area contributed by atoms with Crippen LogP contribution in [0.5, 0.6) is 0 Å². The van der Waals surface area contributed by atoms with Gasteiger partial charge in [0.05, 0.1) is 3.79 Å². The largest absolute Gasteiger partial charge is 0.295 e. The van der Waals surface area contributed by atoms with E-state index in [4.69, 9.17) is 0 Å². The highest BCUT2D eigenvalue weighted by Crippen LogP contribution is 2.28. The Kier molecular flexibility index (Phi) is 3.42. The molecule has 0 bridgehead atoms. The van der Waals surface area contributed by atoms with Crippen molar-refractivity contribution < 1.29 is 4.79 Å². The van der Waals surface area contributed by atoms with Crippen molar-refractivity contribution in [1.29, 1.82) is 0 Å². The highest BCUT2D eigenvalue weighted by atomic mass is 79.9. The fourth-order valence-corrected chi connectivity index (χ4v) is 3.54. The van der Waals surface area contributed by atoms with Crippen molar-refractivity contribution in [3.8, 4) is 0 Å². The zero-order valence-corrected chi connectivity index (χ0v) is 11.0. The molecule has 1 atom stereocenters. The van der Waals surface area contributed by atoms with E-state index in [1.54, 1.807) is 11.3 Å². The lowest BCUT2D eigenvalue weighted by molar-refractivity contribution is -0.115. The van der Waals surface area contributed by atoms with E-state index in [-0.39, 0.29) is 0 Å². The van der Waals surface area contributed by atoms with Gasteiger partial charge in [-0.2, -0.15) is 0 Å². The number of thiophene rings is 1. The molecule has 1 unspecified atom stereocenters. The van der Waals surface area contributed by atoms with Crippen LogP contribution in [-0.2, 0) is 11.2 Å². The molecule has 0 aliphatic heterocycles. The summed E-state index contributed by atoms with van der Waals surface area (Å²) in [4.78, 5) is 12.7. The Morgan fingerprint density at radius 2 is 2.27 bits per heavy atom. The van der Waals surface area contributed by atoms with Gasteiger partial charge in [-0.05, 0) is 46.5 Å². The molecule has 1 aromatic rings. The van der Waals surface area contributed by atoms with Crippen LogP contribution < -0.4 is 0 Å². The number of carbonyl (C=O) groups excluding carboxylic acids is 1. The Hall–Kier alpha value is -0.410. The maximum Gasteiger partial charge on any atom is 0.155 e. The second-order valence-electron chi connectivity index (χ2n) is 4.16. The van der Waals surface area contributed by atoms with Gasteiger partial charge in [-0.1, -0.05) is 12.5 Å². The molecule has 1 aliphatic rings. The van der Waals surface area contributed by atoms with E-state index in [1.807, 2.05) is 6.08 Å². The third kappa shape index (κ3) is 3.02. The van der Waals surface area contributed by atoms with Crippen molar-refractivity contribution in [3.05, 3.63) is 32.4 Å². The first kappa shape index (κ1) is 11.1. The molecule has 1 aromatic heterocycles. The molecule has 1 heterocycles. The van der Waals surface area contributed by atoms with Crippen LogP contribution >= 0.6 is 27.3 Å². The smallest absolute Gasteiger partial charge is 0.155 e. The van der Waals surface area contributed by atoms with Crippen LogP contribution in [0.2, 0.25) is 0 Å². The minimum atomic E-state index is 0.291. The van der Waals surface area contributed by atoms with E-state index in [9.17, 15) is 4.79 Å². The van der Waals surface area contributed by atoms with Crippen molar-refractivity contribution in [2.24, 2.45) is 5.92 Å². The summed E-state index contributed by atoms with van der Waals surface area (Å²) in [5.74, 6) is 0.806. The first-order valence-corrected chi connectivity index (χ1v) is 6.71. The summed E-state index contributed by atoms with van der Waals surface area (Å²) >= 11 is 5.20. The lowest BCUT2D eigenvalue weighted by atomic mass is 9.88. The number of halogens is 1. The molecule has 0 amide bonds. The van der Waals surface area contributed by atoms with Gasteiger partial charge < -0.3 is 0 Å². The summed E-state index contributed by atoms with van der Waals surface area (Å²) in [7, 11) is 0. The zero-order chi connectivity index (χ0) is 10.8. The number of rotatable bonds is 2. The predicted octanol–water partition coefficient (Wildman–Crippen LogP) is 3.98. The van der Waals surface area contributed by atoms with Crippen LogP contribution in [0.4, 0.5) is 0 Å². The van der Waals surface area contributed by atoms with E-state index < -0.39 is 0 Å². The van der Waals surface area contributed by atoms with Crippen LogP contribution in [0.15, 0.2) is 27.6 Å². The Labute approximate surface area is 102 Å². The summed E-state index contributed by atoms with van der Waals surface area (Å²) < 4.78 is 1.16. The van der Waals surface area contributed by atoms with Crippen LogP contribution in [0, 0.1) is 5.92 Å². The summed E-state index contributed by atoms with van der Waals surface area (Å²) in [6, 6.07) is 4.19. The van der Waals surface area contributed by atoms with E-state index in [0.717, 1.165) is 23.0 Å². The summed E-state index contributed by atoms with van der Waals surface area (Å²) in [5, 5.41) is 0. The molecule has 1 nitrogen and oxygen atoms in total. The summed E-state index contributed by atoms with van der Waals surface area (Å²) in [5.41, 5.74) is 1.29. The molecule has 3 heteroatoms. The van der Waals surface area contributed by atoms with E-state index >= 15 is 0 Å². The van der Waals surface area contributed by atoms with E-state index in [1.165, 1.54) is 10.5 Å². The monoisotopic (exact) mass is 284 g/mol. The molecule has 15 heavy (non-hydrogen) atoms. The molecule has 0 radical (unpaired) electrons. The minimum absolute atomic E-state index is 0.291. The SMILES string of the molecule is CC1CC(=O)C=C(Cc2ccc(Br)s2)C1. The van der Waals surface area contributed by atoms with Crippen LogP contribution in [-0.4, -0.2) is 5.78 Å². The van der Waals surface area contributed by atoms with Gasteiger partial charge in [-0.3, -0.25) is 4.79 Å². The fraction of sp³-hybridized carbons (Fsp3) is 0.417. The molecule has 80 valence electrons. The van der Waals surface area contributed by atoms with Gasteiger partial charge in [0, 0.05) is 17.7 Å². The van der Waals surface area contributed by atoms with Gasteiger partial charge in [-0.25, -0.2) is 0 Å². The first-order valence-electron chi connectivity index (χ1n) is 5.10. The third-order valence-electron chi connectivity index (χ3n) is 2.56. The topological polar surface area (TPSA) is 17.1 Å². The summed E-state index contributed by atoms with van der Waals surface area (Å²) in [6.45, 7) is 2.15. The summed E-state index contributed by atoms with van der Waals surface area (Å²) in [6.07, 6.45) is 4.57. The molecular weight excluding hydrogens is 272 g/mol. The van der Waals surface area contributed by atoms with Gasteiger partial charge in [-0.15, -0.1) is 11.3 Å². The number of allylic oxidation sites excluding steroid dienone is 2. The second kappa shape index (κ2) is 4.62. The molecule has 0 saturated carbocycles. The quantitative estimate of drug-likeness (QED) is 0.803. The molecule has 1 aliphatic carbocycles. The molecular formula is C12H13BrOS. The number of hydrogen-bond donors (Lipinski definition) is 0. The van der Waals surface area contributed by atoms with Crippen LogP contribution in [0.1, 0.15) is 24.6 Å². The lowest BCUT2D eigenvalue weighted by Gasteiger charge is -2.17. The lowest BCUT2D eigenvalue weighted by Crippen LogP contribution is -2.12. The van der Waals surface area contributed by atoms with E-state index in [2.05, 4.69) is 35.0 Å². The molecule has 0 N–H and O–H groups in total. The first-order chi connectivity index (χ1) is 7.13. The Balaban J connectivity index is 2.09. The number of carbonyl (C=O) groups is 1. The molecule has 2 rings (SSSR count). The van der Waals surface area contributed by atoms with Crippen molar-refractivity contribution in [2.75, 3.05) is 0 Å². The number of ketones is 1. The average Bonchev–Trinajstić information content (AvgIpc) is 2.49. The Bertz CT molecular complexity index is 406. The highest BCUT2D eigenvalue weighted by Gasteiger charge is 2.17. The van der Waals surface area contributed by atoms with Crippen LogP contribution in [0.25, 0.3) is 0 Å². The maximum absolute atomic E-state index is 11.4. The third-order valence-corrected chi connectivity index (χ3v) is 4.18. The highest BCUT2D eigenvalue weighted by molar-refractivity contribution is 9.11. The minimum Gasteiger partial charge on any atom is -0.295 e. The van der Waals surface area contributed by atoms with Crippen molar-refractivity contribution in [2.45, 2.75) is 26.2 Å². The van der Waals surface area contributed by atoms with Gasteiger partial charge >= 0.3 is 0 Å². The van der Waals surface area contributed by atoms with Crippen molar-refractivity contribution in [1.82, 2.24) is 0 Å². The molecule has 0 saturated heterocycles. The van der Waals surface area contributed by atoms with Crippen molar-refractivity contribution >= 4 is 33.0 Å². The Morgan fingerprint density at radius 3 is 2.87 bits per heavy atom. The Morgan fingerprint density at radius 1 is 1.47 bits per heavy atom. The van der Waals surface area contributed by atoms with Gasteiger partial charge in [0.1, 0.15) is 0 Å². The normalized spacial score (nSPS) is 21.6. The van der Waals surface area contributed by atoms with Crippen molar-refractivity contribution in [3.63, 3.8) is 0 Å². The molecule has 0 fully saturated rings. The second-order valence-corrected chi connectivity index (χ2v) is 6.71. The zero-order valence-electron chi connectivity index (χ0n) is 8.63. The average molecular weight is 285 g/mol. The van der Waals surface area contributed by atoms with Crippen LogP contribution in [0.3, 0.4) is 0 Å². The molecule has 0 aromatic carbocycles. The van der Waals surface area contributed by atoms with Gasteiger partial charge in [0.2, 0.25) is 0 Å².